The second kappa shape index (κ2) is 7.25. The topological polar surface area (TPSA) is 76.3 Å². The number of nitrogens with zero attached hydrogens (tertiary/aromatic N) is 3. The van der Waals surface area contributed by atoms with E-state index in [-0.39, 0.29) is 10.8 Å². The molecule has 0 radical (unpaired) electrons. The number of hydrogen-bond donors (Lipinski definition) is 0. The molecule has 0 spiro atoms. The lowest BCUT2D eigenvalue weighted by Crippen LogP contribution is -2.38. The summed E-state index contributed by atoms with van der Waals surface area (Å²) in [5.41, 5.74) is 1.25. The first-order valence-corrected chi connectivity index (χ1v) is 10.5. The van der Waals surface area contributed by atoms with Crippen molar-refractivity contribution in [2.24, 2.45) is 5.92 Å². The second-order valence-electron chi connectivity index (χ2n) is 6.87. The average Bonchev–Trinajstić information content (AvgIpc) is 3.19. The van der Waals surface area contributed by atoms with Crippen molar-refractivity contribution in [2.45, 2.75) is 24.7 Å². The minimum atomic E-state index is -3.61. The summed E-state index contributed by atoms with van der Waals surface area (Å²) in [5.74, 6) is 1.19. The predicted molar refractivity (Wildman–Crippen MR) is 102 cm³/mol. The molecule has 4 rings (SSSR count). The first-order valence-electron chi connectivity index (χ1n) is 9.04. The Balaban J connectivity index is 1.71. The van der Waals surface area contributed by atoms with Gasteiger partial charge in [-0.3, -0.25) is 0 Å². The van der Waals surface area contributed by atoms with Gasteiger partial charge in [-0.15, -0.1) is 0 Å². The molecule has 1 fully saturated rings. The summed E-state index contributed by atoms with van der Waals surface area (Å²) in [6.07, 6.45) is 1.75. The Morgan fingerprint density at radius 3 is 2.41 bits per heavy atom. The summed E-state index contributed by atoms with van der Waals surface area (Å²) in [7, 11) is -3.61. The van der Waals surface area contributed by atoms with Crippen LogP contribution in [0, 0.1) is 5.92 Å². The van der Waals surface area contributed by atoms with Gasteiger partial charge in [0.15, 0.2) is 0 Å². The molecular weight excluding hydrogens is 362 g/mol. The normalized spacial score (nSPS) is 16.5. The van der Waals surface area contributed by atoms with E-state index in [1.807, 2.05) is 30.3 Å². The van der Waals surface area contributed by atoms with Crippen LogP contribution in [0.25, 0.3) is 22.8 Å². The Kier molecular flexibility index (Phi) is 4.80. The van der Waals surface area contributed by atoms with E-state index in [2.05, 4.69) is 17.1 Å². The highest BCUT2D eigenvalue weighted by molar-refractivity contribution is 7.89. The number of hydrogen-bond acceptors (Lipinski definition) is 5. The second-order valence-corrected chi connectivity index (χ2v) is 8.78. The minimum absolute atomic E-state index is 0.207. The maximum Gasteiger partial charge on any atom is 0.259 e. The van der Waals surface area contributed by atoms with Gasteiger partial charge in [0.1, 0.15) is 0 Å². The van der Waals surface area contributed by atoms with Crippen LogP contribution in [0.3, 0.4) is 0 Å². The first-order chi connectivity index (χ1) is 13.1. The number of benzene rings is 2. The maximum absolute atomic E-state index is 13.2. The highest BCUT2D eigenvalue weighted by Crippen LogP contribution is 2.31. The molecule has 0 unspecified atom stereocenters. The molecule has 1 aliphatic heterocycles. The van der Waals surface area contributed by atoms with Crippen LogP contribution in [-0.4, -0.2) is 36.0 Å². The molecule has 6 nitrogen and oxygen atoms in total. The van der Waals surface area contributed by atoms with Crippen molar-refractivity contribution in [3.8, 4) is 22.8 Å². The Bertz CT molecular complexity index is 1020. The molecule has 2 aromatic carbocycles. The molecule has 1 aliphatic rings. The number of aromatic nitrogens is 2. The fraction of sp³-hybridized carbons (Fsp3) is 0.300. The van der Waals surface area contributed by atoms with Gasteiger partial charge in [-0.05, 0) is 30.9 Å². The fourth-order valence-corrected chi connectivity index (χ4v) is 4.92. The highest BCUT2D eigenvalue weighted by Gasteiger charge is 2.31. The Hall–Kier alpha value is -2.51. The van der Waals surface area contributed by atoms with Crippen LogP contribution in [0.4, 0.5) is 0 Å². The molecule has 3 aromatic rings. The zero-order valence-electron chi connectivity index (χ0n) is 15.1. The van der Waals surface area contributed by atoms with Gasteiger partial charge in [0, 0.05) is 18.7 Å². The fourth-order valence-electron chi connectivity index (χ4n) is 3.27. The smallest absolute Gasteiger partial charge is 0.259 e. The molecule has 2 heterocycles. The van der Waals surface area contributed by atoms with E-state index in [0.717, 1.165) is 18.4 Å². The summed E-state index contributed by atoms with van der Waals surface area (Å²) in [6, 6.07) is 16.3. The molecule has 0 aliphatic carbocycles. The number of sulfonamides is 1. The SMILES string of the molecule is CC1CCN(S(=O)(=O)c2ccccc2-c2nc(-c3ccccc3)no2)CC1. The monoisotopic (exact) mass is 383 g/mol. The molecule has 0 atom stereocenters. The third-order valence-corrected chi connectivity index (χ3v) is 6.89. The molecule has 0 amide bonds. The number of rotatable bonds is 4. The lowest BCUT2D eigenvalue weighted by Gasteiger charge is -2.29. The van der Waals surface area contributed by atoms with Crippen molar-refractivity contribution in [3.63, 3.8) is 0 Å². The molecule has 1 aromatic heterocycles. The molecule has 140 valence electrons. The molecule has 0 saturated carbocycles. The van der Waals surface area contributed by atoms with E-state index in [1.165, 1.54) is 0 Å². The van der Waals surface area contributed by atoms with Crippen molar-refractivity contribution < 1.29 is 12.9 Å². The van der Waals surface area contributed by atoms with Crippen molar-refractivity contribution >= 4 is 10.0 Å². The van der Waals surface area contributed by atoms with Crippen LogP contribution in [0.5, 0.6) is 0 Å². The third-order valence-electron chi connectivity index (χ3n) is 4.94. The van der Waals surface area contributed by atoms with Crippen LogP contribution in [0.15, 0.2) is 64.0 Å². The highest BCUT2D eigenvalue weighted by atomic mass is 32.2. The lowest BCUT2D eigenvalue weighted by atomic mass is 10.0. The number of piperidine rings is 1. The minimum Gasteiger partial charge on any atom is -0.334 e. The molecule has 0 bridgehead atoms. The zero-order chi connectivity index (χ0) is 18.9. The Morgan fingerprint density at radius 2 is 1.67 bits per heavy atom. The van der Waals surface area contributed by atoms with E-state index in [1.54, 1.807) is 28.6 Å². The van der Waals surface area contributed by atoms with Crippen molar-refractivity contribution in [1.82, 2.24) is 14.4 Å². The largest absolute Gasteiger partial charge is 0.334 e. The summed E-state index contributed by atoms with van der Waals surface area (Å²) in [5, 5.41) is 4.01. The predicted octanol–water partition coefficient (Wildman–Crippen LogP) is 3.82. The van der Waals surface area contributed by atoms with Gasteiger partial charge in [-0.25, -0.2) is 8.42 Å². The zero-order valence-corrected chi connectivity index (χ0v) is 15.9. The van der Waals surface area contributed by atoms with E-state index >= 15 is 0 Å². The standard InChI is InChI=1S/C20H21N3O3S/c1-15-11-13-23(14-12-15)27(24,25)18-10-6-5-9-17(18)20-21-19(22-26-20)16-7-3-2-4-8-16/h2-10,15H,11-14H2,1H3. The van der Waals surface area contributed by atoms with Crippen LogP contribution in [-0.2, 0) is 10.0 Å². The third kappa shape index (κ3) is 3.52. The van der Waals surface area contributed by atoms with E-state index in [9.17, 15) is 8.42 Å². The van der Waals surface area contributed by atoms with Gasteiger partial charge in [0.05, 0.1) is 10.5 Å². The van der Waals surface area contributed by atoms with Crippen LogP contribution < -0.4 is 0 Å². The van der Waals surface area contributed by atoms with Crippen LogP contribution in [0.2, 0.25) is 0 Å². The Morgan fingerprint density at radius 1 is 1.00 bits per heavy atom. The summed E-state index contributed by atoms with van der Waals surface area (Å²) in [6.45, 7) is 3.23. The molecule has 27 heavy (non-hydrogen) atoms. The van der Waals surface area contributed by atoms with Crippen molar-refractivity contribution in [1.29, 1.82) is 0 Å². The van der Waals surface area contributed by atoms with E-state index in [0.29, 0.717) is 30.4 Å². The lowest BCUT2D eigenvalue weighted by molar-refractivity contribution is 0.288. The van der Waals surface area contributed by atoms with Gasteiger partial charge in [-0.2, -0.15) is 9.29 Å². The first kappa shape index (κ1) is 17.9. The molecule has 7 heteroatoms. The summed E-state index contributed by atoms with van der Waals surface area (Å²) >= 11 is 0. The Labute approximate surface area is 158 Å². The average molecular weight is 383 g/mol. The van der Waals surface area contributed by atoms with Gasteiger partial charge < -0.3 is 4.52 Å². The molecular formula is C20H21N3O3S. The van der Waals surface area contributed by atoms with Crippen LogP contribution in [0.1, 0.15) is 19.8 Å². The van der Waals surface area contributed by atoms with E-state index < -0.39 is 10.0 Å². The quantitative estimate of drug-likeness (QED) is 0.684. The summed E-state index contributed by atoms with van der Waals surface area (Å²) in [4.78, 5) is 4.63. The van der Waals surface area contributed by atoms with Crippen molar-refractivity contribution in [3.05, 3.63) is 54.6 Å². The van der Waals surface area contributed by atoms with Gasteiger partial charge in [-0.1, -0.05) is 54.5 Å². The van der Waals surface area contributed by atoms with Gasteiger partial charge in [0.25, 0.3) is 5.89 Å². The van der Waals surface area contributed by atoms with Crippen LogP contribution >= 0.6 is 0 Å². The van der Waals surface area contributed by atoms with Gasteiger partial charge in [0.2, 0.25) is 15.8 Å². The molecule has 1 saturated heterocycles. The molecule has 0 N–H and O–H groups in total. The van der Waals surface area contributed by atoms with E-state index in [4.69, 9.17) is 4.52 Å². The maximum atomic E-state index is 13.2. The van der Waals surface area contributed by atoms with Crippen molar-refractivity contribution in [2.75, 3.05) is 13.1 Å². The summed E-state index contributed by atoms with van der Waals surface area (Å²) < 4.78 is 33.4. The van der Waals surface area contributed by atoms with Gasteiger partial charge >= 0.3 is 0 Å².